The van der Waals surface area contributed by atoms with Gasteiger partial charge >= 0.3 is 0 Å². The largest absolute Gasteiger partial charge is 0.394 e. The highest BCUT2D eigenvalue weighted by Gasteiger charge is 2.44. The molecular formula is C95H131N21O18S. The number of nitrogens with zero attached hydrogens (tertiary/aromatic N) is 6. The second-order valence-electron chi connectivity index (χ2n) is 35.0. The first-order valence-electron chi connectivity index (χ1n) is 45.7. The molecule has 135 heavy (non-hydrogen) atoms. The molecular weight excluding hydrogens is 1760 g/mol. The third kappa shape index (κ3) is 32.2. The summed E-state index contributed by atoms with van der Waals surface area (Å²) >= 11 is 0.801. The number of aromatic nitrogens is 3. The molecule has 40 heteroatoms. The van der Waals surface area contributed by atoms with Crippen molar-refractivity contribution < 1.29 is 86.6 Å². The fourth-order valence-electron chi connectivity index (χ4n) is 16.5. The predicted molar refractivity (Wildman–Crippen MR) is 506 cm³/mol. The van der Waals surface area contributed by atoms with Crippen LogP contribution in [0.25, 0.3) is 22.0 Å². The third-order valence-corrected chi connectivity index (χ3v) is 25.1. The van der Waals surface area contributed by atoms with Gasteiger partial charge in [0.05, 0.1) is 38.2 Å². The molecule has 0 aliphatic carbocycles. The molecule has 4 aromatic carbocycles. The summed E-state index contributed by atoms with van der Waals surface area (Å²) in [6.07, 6.45) is 3.73. The first-order valence-corrected chi connectivity index (χ1v) is 46.9. The molecule has 0 saturated carbocycles. The number of primary amides is 2. The van der Waals surface area contributed by atoms with Crippen LogP contribution in [0.1, 0.15) is 147 Å². The number of aromatic amines is 2. The summed E-state index contributed by atoms with van der Waals surface area (Å²) in [6.45, 7) is 6.23. The number of aliphatic hydroxyl groups excluding tert-OH is 1. The number of carbonyl (C=O) groups excluding carboxylic acids is 17. The van der Waals surface area contributed by atoms with E-state index in [1.165, 1.54) is 57.4 Å². The zero-order valence-electron chi connectivity index (χ0n) is 78.1. The molecule has 2 aliphatic rings. The van der Waals surface area contributed by atoms with E-state index in [2.05, 4.69) is 62.8 Å². The monoisotopic (exact) mass is 1890 g/mol. The predicted octanol–water partition coefficient (Wildman–Crippen LogP) is 1.23. The van der Waals surface area contributed by atoms with Crippen molar-refractivity contribution in [1.82, 2.24) is 87.3 Å². The average molecular weight is 1890 g/mol. The zero-order chi connectivity index (χ0) is 98.7. The van der Waals surface area contributed by atoms with Crippen molar-refractivity contribution >= 4 is 129 Å². The number of likely N-dealkylation sites (N-methyl/N-ethyl adjacent to an activating group) is 4. The van der Waals surface area contributed by atoms with Gasteiger partial charge in [-0.25, -0.2) is 4.98 Å². The molecule has 0 bridgehead atoms. The lowest BCUT2D eigenvalue weighted by Crippen LogP contribution is -2.60. The van der Waals surface area contributed by atoms with Crippen LogP contribution in [0.5, 0.6) is 0 Å². The number of aliphatic hydroxyl groups is 1. The number of thioether (sulfide) groups is 1. The van der Waals surface area contributed by atoms with Crippen molar-refractivity contribution in [2.45, 2.75) is 217 Å². The molecule has 8 rings (SSSR count). The van der Waals surface area contributed by atoms with Gasteiger partial charge in [0.25, 0.3) is 0 Å². The molecule has 3 unspecified atom stereocenters. The first kappa shape index (κ1) is 107. The van der Waals surface area contributed by atoms with Gasteiger partial charge in [0, 0.05) is 114 Å². The summed E-state index contributed by atoms with van der Waals surface area (Å²) in [6, 6.07) is 16.1. The van der Waals surface area contributed by atoms with Gasteiger partial charge in [-0.2, -0.15) is 0 Å². The molecule has 15 amide bonds. The third-order valence-electron chi connectivity index (χ3n) is 24.1. The molecule has 0 radical (unpaired) electrons. The molecule has 19 N–H and O–H groups in total. The van der Waals surface area contributed by atoms with Crippen molar-refractivity contribution in [2.24, 2.45) is 35.0 Å². The van der Waals surface area contributed by atoms with Crippen LogP contribution in [-0.4, -0.2) is 290 Å². The number of carbonyl (C=O) groups is 17. The Morgan fingerprint density at radius 2 is 1.18 bits per heavy atom. The van der Waals surface area contributed by atoms with Crippen LogP contribution >= 0.6 is 11.8 Å². The SMILES string of the molecule is CCCC[C@H]1C(=O)N(C)[C@@H](CCCC)C(=O)NC(CCCNC(=N)N)C(=O)NC(C(=O)NCC(N)=O)CSCC(=O)N[C@@H](Cc2ccccc2)C(=O)N(C)[C@@H](C)C(=O)N[C@@H](CC(N)=O)C(=O)N2CCCC2C(=O)N[C@@H](Cc2cnc[nH]2)C(=O)N[C@@H](CC(C)C)C(=O)N(C)CC(=O)C[C@@H](Cc2ccc(-c3ccccc3)cc2)C(=O)N[C@@H](CO)C(=O)C[C@@H](Cc2c[nH]c3ccccc23)C(=O)N1C. The number of hydrogen-bond acceptors (Lipinski definition) is 21. The molecule has 6 aromatic rings. The van der Waals surface area contributed by atoms with Crippen LogP contribution in [0.4, 0.5) is 0 Å². The van der Waals surface area contributed by atoms with Gasteiger partial charge in [-0.3, -0.25) is 86.9 Å². The number of ketones is 2. The second-order valence-corrected chi connectivity index (χ2v) is 36.0. The Morgan fingerprint density at radius 3 is 1.82 bits per heavy atom. The molecule has 2 saturated heterocycles. The van der Waals surface area contributed by atoms with Gasteiger partial charge in [0.2, 0.25) is 88.6 Å². The van der Waals surface area contributed by atoms with Gasteiger partial charge in [-0.1, -0.05) is 157 Å². The minimum absolute atomic E-state index is 0.000370. The smallest absolute Gasteiger partial charge is 0.246 e. The average Bonchev–Trinajstić information content (AvgIpc) is 1.80. The number of fused-ring (bicyclic) bond motifs is 2. The zero-order valence-corrected chi connectivity index (χ0v) is 78.9. The number of nitrogens with one attached hydrogen (secondary N) is 12. The number of guanidine groups is 1. The molecule has 0 spiro atoms. The Labute approximate surface area is 789 Å². The Bertz CT molecular complexity index is 5100. The van der Waals surface area contributed by atoms with Gasteiger partial charge in [0.15, 0.2) is 17.5 Å². The molecule has 13 atom stereocenters. The van der Waals surface area contributed by atoms with Crippen molar-refractivity contribution in [2.75, 3.05) is 72.5 Å². The van der Waals surface area contributed by atoms with Crippen LogP contribution in [0.15, 0.2) is 128 Å². The lowest BCUT2D eigenvalue weighted by molar-refractivity contribution is -0.150. The summed E-state index contributed by atoms with van der Waals surface area (Å²) in [4.78, 5) is 265. The number of imidazole rings is 1. The lowest BCUT2D eigenvalue weighted by atomic mass is 9.89. The van der Waals surface area contributed by atoms with Crippen LogP contribution in [0, 0.1) is 23.2 Å². The molecule has 2 fully saturated rings. The van der Waals surface area contributed by atoms with E-state index in [9.17, 15) is 62.6 Å². The number of Topliss-reactive ketones (excluding diaryl/α,β-unsaturated/α-hetero) is 2. The number of amides is 15. The van der Waals surface area contributed by atoms with E-state index in [1.807, 2.05) is 68.4 Å². The Morgan fingerprint density at radius 1 is 0.563 bits per heavy atom. The van der Waals surface area contributed by atoms with Crippen LogP contribution < -0.4 is 65.1 Å². The van der Waals surface area contributed by atoms with Crippen LogP contribution in [0.2, 0.25) is 0 Å². The number of H-pyrrole nitrogens is 2. The van der Waals surface area contributed by atoms with Gasteiger partial charge < -0.3 is 105 Å². The van der Waals surface area contributed by atoms with E-state index >= 15 is 24.0 Å². The fraction of sp³-hybridized carbons (Fsp3) is 0.505. The highest BCUT2D eigenvalue weighted by molar-refractivity contribution is 8.00. The highest BCUT2D eigenvalue weighted by Crippen LogP contribution is 2.29. The quantitative estimate of drug-likeness (QED) is 0.0196. The van der Waals surface area contributed by atoms with Crippen molar-refractivity contribution in [3.05, 3.63) is 150 Å². The maximum absolute atomic E-state index is 15.8. The van der Waals surface area contributed by atoms with E-state index in [-0.39, 0.29) is 89.6 Å². The maximum atomic E-state index is 15.8. The number of unbranched alkanes of at least 4 members (excludes halogenated alkanes) is 2. The number of rotatable bonds is 27. The lowest BCUT2D eigenvalue weighted by Gasteiger charge is -2.36. The maximum Gasteiger partial charge on any atom is 0.246 e. The summed E-state index contributed by atoms with van der Waals surface area (Å²) in [5, 5.41) is 43.7. The van der Waals surface area contributed by atoms with Crippen LogP contribution in [-0.2, 0) is 107 Å². The topological polar surface area (TPSA) is 581 Å². The Balaban J connectivity index is 1.19. The summed E-state index contributed by atoms with van der Waals surface area (Å²) < 4.78 is 0. The van der Waals surface area contributed by atoms with E-state index in [0.29, 0.717) is 59.0 Å². The summed E-state index contributed by atoms with van der Waals surface area (Å²) in [5.41, 5.74) is 21.3. The number of para-hydroxylation sites is 1. The molecule has 730 valence electrons. The molecule has 4 heterocycles. The summed E-state index contributed by atoms with van der Waals surface area (Å²) in [7, 11) is 5.38. The van der Waals surface area contributed by atoms with E-state index in [0.717, 1.165) is 37.6 Å². The Kier molecular flexibility index (Phi) is 41.9. The second kappa shape index (κ2) is 52.9. The highest BCUT2D eigenvalue weighted by atomic mass is 32.2. The van der Waals surface area contributed by atoms with Crippen molar-refractivity contribution in [1.29, 1.82) is 5.41 Å². The van der Waals surface area contributed by atoms with Crippen molar-refractivity contribution in [3.8, 4) is 11.1 Å². The number of hydrogen-bond donors (Lipinski definition) is 16. The molecule has 39 nitrogen and oxygen atoms in total. The van der Waals surface area contributed by atoms with Gasteiger partial charge in [-0.15, -0.1) is 11.8 Å². The molecule has 2 aromatic heterocycles. The minimum Gasteiger partial charge on any atom is -0.394 e. The van der Waals surface area contributed by atoms with E-state index in [1.54, 1.807) is 74.6 Å². The molecule has 2 aliphatic heterocycles. The standard InChI is InChI=1S/C95H131N21O18S/c1-10-12-31-76-88(128)106-69(30-22-38-101-95(98)99)86(126)111-75(85(125)103-50-81(97)121)53-135-54-82(122)105-72(42-58-24-16-14-17-25-58)92(132)113(7)57(5)83(123)108-73(47-80(96)120)93(133)116-39-23-33-77(116)89(129)107-70(46-65-49-100-55-104-65)87(127)109-71(40-56(3)4)91(131)112(6)51-66(118)44-62(41-59-34-36-61(37-35-59)60-26-18-15-19-27-60)84(124)110-74(52-117)79(119)45-63(43-64-48-102-68-29-21-20-28-67(64)68)90(130)115(9)78(32-13-11-2)94(134)114(76)8/h14-21,24-29,34-37,48-49,55-57,62-63,69-78,102,117H,10-13,22-23,30-33,38-47,50-54H2,1-9H3,(H2,96,120)(H2,97,121)(H,100,104)(H,103,125)(H,105,122)(H,106,128)(H,107,129)(H,108,123)(H,109,127)(H,110,124)(H,111,126)(H4,98,99,101)/t57-,62+,63+,69?,70-,71-,72-,73-,74-,75?,76-,77?,78-/m0/s1. The van der Waals surface area contributed by atoms with Gasteiger partial charge in [0.1, 0.15) is 66.5 Å². The summed E-state index contributed by atoms with van der Waals surface area (Å²) in [5.74, 6) is -18.7. The number of benzene rings is 4. The van der Waals surface area contributed by atoms with Gasteiger partial charge in [-0.05, 0) is 105 Å². The van der Waals surface area contributed by atoms with E-state index < -0.39 is 235 Å². The minimum atomic E-state index is -1.74. The Hall–Kier alpha value is -13.4. The first-order chi connectivity index (χ1) is 64.4. The van der Waals surface area contributed by atoms with Crippen molar-refractivity contribution in [3.63, 3.8) is 0 Å². The van der Waals surface area contributed by atoms with Crippen LogP contribution in [0.3, 0.4) is 0 Å². The van der Waals surface area contributed by atoms with E-state index in [4.69, 9.17) is 22.6 Å². The number of nitrogens with two attached hydrogens (primary N) is 3. The normalized spacial score (nSPS) is 23.3. The fourth-order valence-corrected chi connectivity index (χ4v) is 17.4.